The van der Waals surface area contributed by atoms with Crippen molar-refractivity contribution in [1.82, 2.24) is 0 Å². The predicted octanol–water partition coefficient (Wildman–Crippen LogP) is 12.6. The second-order valence-electron chi connectivity index (χ2n) is 10.4. The smallest absolute Gasteiger partial charge is 0.136 e. The third kappa shape index (κ3) is 4.17. The van der Waals surface area contributed by atoms with Crippen LogP contribution in [0.2, 0.25) is 0 Å². The standard InChI is InChI=1S/C44H28O/c1-3-14-29(15-4-1)31-18-13-19-32(26-31)43-34-21-7-9-23-36(34)44(37-24-10-8-22-35(37)43)40-27-39-33-20-11-12-25-41(33)45-42(39)28-38(40)30-16-5-2-6-17-30/h1-28H/i1D,2D,3D,4D,5D,6D,11D,12D,14D,15D,16D,17D,20D,25D,27D,28D. The third-order valence-electron chi connectivity index (χ3n) is 7.94. The highest BCUT2D eigenvalue weighted by molar-refractivity contribution is 6.23. The molecule has 8 aromatic carbocycles. The summed E-state index contributed by atoms with van der Waals surface area (Å²) in [7, 11) is 0. The van der Waals surface area contributed by atoms with Gasteiger partial charge in [0.2, 0.25) is 0 Å². The molecule has 0 aliphatic heterocycles. The summed E-state index contributed by atoms with van der Waals surface area (Å²) in [5.41, 5.74) is 0.672. The molecule has 1 heterocycles. The Balaban J connectivity index is 1.48. The van der Waals surface area contributed by atoms with Gasteiger partial charge in [-0.3, -0.25) is 0 Å². The van der Waals surface area contributed by atoms with E-state index in [-0.39, 0.29) is 62.3 Å². The fourth-order valence-corrected chi connectivity index (χ4v) is 6.07. The van der Waals surface area contributed by atoms with E-state index < -0.39 is 78.6 Å². The molecule has 1 nitrogen and oxygen atoms in total. The Morgan fingerprint density at radius 3 is 1.64 bits per heavy atom. The highest BCUT2D eigenvalue weighted by atomic mass is 16.3. The quantitative estimate of drug-likeness (QED) is 0.186. The molecule has 0 radical (unpaired) electrons. The fourth-order valence-electron chi connectivity index (χ4n) is 6.07. The van der Waals surface area contributed by atoms with Crippen LogP contribution in [0.15, 0.2) is 174 Å². The summed E-state index contributed by atoms with van der Waals surface area (Å²) < 4.78 is 146. The molecule has 1 aromatic heterocycles. The summed E-state index contributed by atoms with van der Waals surface area (Å²) in [6.07, 6.45) is 0. The zero-order valence-corrected chi connectivity index (χ0v) is 23.3. The van der Waals surface area contributed by atoms with Crippen LogP contribution in [-0.4, -0.2) is 0 Å². The van der Waals surface area contributed by atoms with Crippen molar-refractivity contribution < 1.29 is 26.3 Å². The topological polar surface area (TPSA) is 13.1 Å². The number of hydrogen-bond donors (Lipinski definition) is 0. The fraction of sp³-hybridized carbons (Fsp3) is 0. The van der Waals surface area contributed by atoms with E-state index in [0.29, 0.717) is 43.8 Å². The van der Waals surface area contributed by atoms with E-state index >= 15 is 0 Å². The van der Waals surface area contributed by atoms with E-state index in [9.17, 15) is 2.74 Å². The molecule has 0 saturated carbocycles. The first kappa shape index (κ1) is 14.2. The molecule has 0 aliphatic carbocycles. The van der Waals surface area contributed by atoms with Crippen LogP contribution in [-0.2, 0) is 0 Å². The van der Waals surface area contributed by atoms with E-state index in [1.54, 1.807) is 54.6 Å². The molecular weight excluding hydrogens is 544 g/mol. The van der Waals surface area contributed by atoms with Gasteiger partial charge in [-0.1, -0.05) is 145 Å². The molecule has 0 atom stereocenters. The molecule has 0 amide bonds. The van der Waals surface area contributed by atoms with Gasteiger partial charge in [0.15, 0.2) is 0 Å². The lowest BCUT2D eigenvalue weighted by Gasteiger charge is -2.20. The maximum absolute atomic E-state index is 10.00. The molecule has 45 heavy (non-hydrogen) atoms. The molecule has 0 fully saturated rings. The molecule has 1 heteroatoms. The van der Waals surface area contributed by atoms with Crippen molar-refractivity contribution >= 4 is 43.5 Å². The van der Waals surface area contributed by atoms with Gasteiger partial charge in [-0.25, -0.2) is 0 Å². The Morgan fingerprint density at radius 1 is 0.378 bits per heavy atom. The first-order chi connectivity index (χ1) is 29.0. The lowest BCUT2D eigenvalue weighted by Crippen LogP contribution is -1.93. The predicted molar refractivity (Wildman–Crippen MR) is 190 cm³/mol. The lowest BCUT2D eigenvalue weighted by molar-refractivity contribution is 0.669. The van der Waals surface area contributed by atoms with Gasteiger partial charge in [0.25, 0.3) is 0 Å². The molecule has 9 rings (SSSR count). The Hall–Kier alpha value is -5.92. The molecule has 0 aliphatic rings. The molecule has 0 spiro atoms. The monoisotopic (exact) mass is 588 g/mol. The molecule has 0 unspecified atom stereocenters. The van der Waals surface area contributed by atoms with Crippen LogP contribution in [0.3, 0.4) is 0 Å². The maximum atomic E-state index is 10.00. The van der Waals surface area contributed by atoms with Gasteiger partial charge < -0.3 is 4.42 Å². The van der Waals surface area contributed by atoms with Crippen LogP contribution in [0.1, 0.15) is 21.9 Å². The summed E-state index contributed by atoms with van der Waals surface area (Å²) in [5, 5.41) is 1.93. The summed E-state index contributed by atoms with van der Waals surface area (Å²) in [5.74, 6) is 0. The van der Waals surface area contributed by atoms with Gasteiger partial charge in [0.1, 0.15) is 11.2 Å². The largest absolute Gasteiger partial charge is 0.456 e. The molecule has 210 valence electrons. The second kappa shape index (κ2) is 10.4. The van der Waals surface area contributed by atoms with Gasteiger partial charge in [0.05, 0.1) is 21.9 Å². The SMILES string of the molecule is [2H]c1c([2H])c([2H])c(-c2cccc(-c3c4ccccc4c(-c4c(-c5c([2H])c([2H])c([2H])c([2H])c5[2H])c([2H])c5oc6c([2H])c([2H])c([2H])c([2H])c6c5c4[2H])c4ccccc34)c2)c([2H])c1[2H]. The summed E-state index contributed by atoms with van der Waals surface area (Å²) in [6.45, 7) is 0. The Labute approximate surface area is 284 Å². The molecular formula is C44H28O. The highest BCUT2D eigenvalue weighted by Crippen LogP contribution is 2.48. The van der Waals surface area contributed by atoms with Gasteiger partial charge in [-0.05, 0) is 90.2 Å². The minimum atomic E-state index is -0.679. The average molecular weight is 589 g/mol. The van der Waals surface area contributed by atoms with Crippen molar-refractivity contribution in [2.75, 3.05) is 0 Å². The number of fused-ring (bicyclic) bond motifs is 5. The van der Waals surface area contributed by atoms with Gasteiger partial charge in [-0.2, -0.15) is 0 Å². The zero-order valence-electron chi connectivity index (χ0n) is 39.3. The number of rotatable bonds is 4. The van der Waals surface area contributed by atoms with Crippen LogP contribution in [0.4, 0.5) is 0 Å². The average Bonchev–Trinajstić information content (AvgIpc) is 3.68. The highest BCUT2D eigenvalue weighted by Gasteiger charge is 2.21. The van der Waals surface area contributed by atoms with E-state index in [2.05, 4.69) is 0 Å². The van der Waals surface area contributed by atoms with Gasteiger partial charge in [0, 0.05) is 10.8 Å². The number of benzene rings is 8. The van der Waals surface area contributed by atoms with E-state index in [1.807, 2.05) is 18.2 Å². The van der Waals surface area contributed by atoms with Crippen molar-refractivity contribution in [3.63, 3.8) is 0 Å². The summed E-state index contributed by atoms with van der Waals surface area (Å²) in [4.78, 5) is 0. The van der Waals surface area contributed by atoms with Crippen molar-refractivity contribution in [2.24, 2.45) is 0 Å². The molecule has 0 N–H and O–H groups in total. The summed E-state index contributed by atoms with van der Waals surface area (Å²) >= 11 is 0. The second-order valence-corrected chi connectivity index (χ2v) is 10.4. The van der Waals surface area contributed by atoms with Crippen molar-refractivity contribution in [2.45, 2.75) is 0 Å². The molecule has 9 aromatic rings. The first-order valence-corrected chi connectivity index (χ1v) is 14.1. The Kier molecular flexibility index (Phi) is 3.28. The minimum absolute atomic E-state index is 0.0155. The van der Waals surface area contributed by atoms with Crippen LogP contribution in [0, 0.1) is 0 Å². The van der Waals surface area contributed by atoms with Crippen molar-refractivity contribution in [3.8, 4) is 44.5 Å². The minimum Gasteiger partial charge on any atom is -0.456 e. The van der Waals surface area contributed by atoms with Crippen LogP contribution in [0.25, 0.3) is 88.0 Å². The Bertz CT molecular complexity index is 3330. The zero-order chi connectivity index (χ0) is 43.7. The van der Waals surface area contributed by atoms with E-state index in [4.69, 9.17) is 23.6 Å². The van der Waals surface area contributed by atoms with Gasteiger partial charge in [-0.15, -0.1) is 0 Å². The van der Waals surface area contributed by atoms with Gasteiger partial charge >= 0.3 is 0 Å². The maximum Gasteiger partial charge on any atom is 0.136 e. The Morgan fingerprint density at radius 2 is 0.956 bits per heavy atom. The number of para-hydroxylation sites is 1. The van der Waals surface area contributed by atoms with Crippen molar-refractivity contribution in [1.29, 1.82) is 0 Å². The number of furan rings is 1. The molecule has 0 bridgehead atoms. The normalized spacial score (nSPS) is 16.5. The summed E-state index contributed by atoms with van der Waals surface area (Å²) in [6, 6.07) is 12.6. The van der Waals surface area contributed by atoms with Crippen molar-refractivity contribution in [3.05, 3.63) is 169 Å². The molecule has 0 saturated heterocycles. The van der Waals surface area contributed by atoms with E-state index in [0.717, 1.165) is 0 Å². The van der Waals surface area contributed by atoms with Crippen LogP contribution >= 0.6 is 0 Å². The van der Waals surface area contributed by atoms with E-state index in [1.165, 1.54) is 0 Å². The third-order valence-corrected chi connectivity index (χ3v) is 7.94. The lowest BCUT2D eigenvalue weighted by atomic mass is 9.83. The van der Waals surface area contributed by atoms with Crippen LogP contribution in [0.5, 0.6) is 0 Å². The first-order valence-electron chi connectivity index (χ1n) is 22.1. The number of hydrogen-bond acceptors (Lipinski definition) is 1. The van der Waals surface area contributed by atoms with Crippen LogP contribution < -0.4 is 0 Å².